The van der Waals surface area contributed by atoms with Gasteiger partial charge in [0.2, 0.25) is 0 Å². The summed E-state index contributed by atoms with van der Waals surface area (Å²) in [6, 6.07) is 13.8. The van der Waals surface area contributed by atoms with E-state index in [-0.39, 0.29) is 6.61 Å². The number of carbonyl (C=O) groups is 2. The van der Waals surface area contributed by atoms with E-state index in [1.54, 1.807) is 30.3 Å². The molecule has 0 fully saturated rings. The van der Waals surface area contributed by atoms with Gasteiger partial charge in [0.15, 0.2) is 6.61 Å². The first-order valence-electron chi connectivity index (χ1n) is 7.29. The zero-order chi connectivity index (χ0) is 16.8. The molecule has 0 radical (unpaired) electrons. The van der Waals surface area contributed by atoms with Crippen molar-refractivity contribution >= 4 is 11.9 Å². The van der Waals surface area contributed by atoms with Crippen molar-refractivity contribution < 1.29 is 19.1 Å². The lowest BCUT2D eigenvalue weighted by atomic mass is 10.0. The summed E-state index contributed by atoms with van der Waals surface area (Å²) in [6.07, 6.45) is 0. The Morgan fingerprint density at radius 2 is 1.74 bits per heavy atom. The highest BCUT2D eigenvalue weighted by Gasteiger charge is 2.10. The van der Waals surface area contributed by atoms with Crippen LogP contribution >= 0.6 is 0 Å². The summed E-state index contributed by atoms with van der Waals surface area (Å²) in [5, 5.41) is 0. The van der Waals surface area contributed by atoms with Crippen LogP contribution in [0.1, 0.15) is 35.7 Å². The molecular weight excluding hydrogens is 294 g/mol. The van der Waals surface area contributed by atoms with Gasteiger partial charge >= 0.3 is 5.97 Å². The second kappa shape index (κ2) is 7.45. The van der Waals surface area contributed by atoms with Crippen LogP contribution in [0.2, 0.25) is 0 Å². The highest BCUT2D eigenvalue weighted by Crippen LogP contribution is 2.20. The molecule has 0 atom stereocenters. The summed E-state index contributed by atoms with van der Waals surface area (Å²) in [5.41, 5.74) is 6.52. The fourth-order valence-corrected chi connectivity index (χ4v) is 1.95. The van der Waals surface area contributed by atoms with E-state index in [0.717, 1.165) is 0 Å². The van der Waals surface area contributed by atoms with Crippen LogP contribution in [0.3, 0.4) is 0 Å². The molecule has 2 rings (SSSR count). The van der Waals surface area contributed by atoms with E-state index in [1.165, 1.54) is 11.6 Å². The van der Waals surface area contributed by atoms with Gasteiger partial charge in [0, 0.05) is 0 Å². The average Bonchev–Trinajstić information content (AvgIpc) is 2.53. The number of nitrogens with two attached hydrogens (primary N) is 1. The molecule has 0 aliphatic carbocycles. The normalized spacial score (nSPS) is 10.4. The lowest BCUT2D eigenvalue weighted by Crippen LogP contribution is -2.20. The number of primary amides is 1. The van der Waals surface area contributed by atoms with Gasteiger partial charge in [-0.25, -0.2) is 4.79 Å². The van der Waals surface area contributed by atoms with Crippen LogP contribution in [-0.2, 0) is 4.79 Å². The number of hydrogen-bond acceptors (Lipinski definition) is 4. The first-order chi connectivity index (χ1) is 11.0. The molecule has 23 heavy (non-hydrogen) atoms. The number of esters is 1. The van der Waals surface area contributed by atoms with Crippen LogP contribution in [0.15, 0.2) is 48.5 Å². The molecule has 1 amide bonds. The van der Waals surface area contributed by atoms with Crippen molar-refractivity contribution in [2.24, 2.45) is 5.73 Å². The first kappa shape index (κ1) is 16.5. The van der Waals surface area contributed by atoms with E-state index in [4.69, 9.17) is 15.2 Å². The van der Waals surface area contributed by atoms with Crippen LogP contribution in [0.4, 0.5) is 0 Å². The van der Waals surface area contributed by atoms with Crippen molar-refractivity contribution in [3.05, 3.63) is 59.7 Å². The van der Waals surface area contributed by atoms with Gasteiger partial charge in [0.1, 0.15) is 11.5 Å². The predicted molar refractivity (Wildman–Crippen MR) is 86.6 cm³/mol. The first-order valence-corrected chi connectivity index (χ1v) is 7.29. The van der Waals surface area contributed by atoms with Crippen LogP contribution < -0.4 is 15.2 Å². The minimum absolute atomic E-state index is 0.241. The molecule has 0 aromatic heterocycles. The van der Waals surface area contributed by atoms with Gasteiger partial charge in [0.25, 0.3) is 5.91 Å². The molecule has 0 unspecified atom stereocenters. The van der Waals surface area contributed by atoms with Gasteiger partial charge in [-0.15, -0.1) is 0 Å². The largest absolute Gasteiger partial charge is 0.484 e. The van der Waals surface area contributed by atoms with Crippen molar-refractivity contribution in [1.29, 1.82) is 0 Å². The summed E-state index contributed by atoms with van der Waals surface area (Å²) < 4.78 is 10.5. The lowest BCUT2D eigenvalue weighted by Gasteiger charge is -2.09. The Morgan fingerprint density at radius 3 is 2.35 bits per heavy atom. The number of amides is 1. The maximum Gasteiger partial charge on any atom is 0.343 e. The minimum atomic E-state index is -0.580. The molecule has 0 aliphatic heterocycles. The second-order valence-corrected chi connectivity index (χ2v) is 5.40. The zero-order valence-electron chi connectivity index (χ0n) is 13.1. The average molecular weight is 313 g/mol. The molecule has 0 heterocycles. The molecule has 5 heteroatoms. The number of carbonyl (C=O) groups excluding carboxylic acids is 2. The van der Waals surface area contributed by atoms with Crippen molar-refractivity contribution in [2.75, 3.05) is 6.61 Å². The fraction of sp³-hybridized carbons (Fsp3) is 0.222. The molecule has 0 spiro atoms. The Labute approximate surface area is 135 Å². The van der Waals surface area contributed by atoms with Gasteiger partial charge < -0.3 is 15.2 Å². The van der Waals surface area contributed by atoms with E-state index < -0.39 is 11.9 Å². The van der Waals surface area contributed by atoms with Crippen molar-refractivity contribution in [2.45, 2.75) is 19.8 Å². The molecule has 0 bridgehead atoms. The number of rotatable bonds is 6. The summed E-state index contributed by atoms with van der Waals surface area (Å²) in [5.74, 6) is 0.199. The monoisotopic (exact) mass is 313 g/mol. The number of hydrogen-bond donors (Lipinski definition) is 1. The Morgan fingerprint density at radius 1 is 1.04 bits per heavy atom. The molecule has 2 aromatic rings. The van der Waals surface area contributed by atoms with Crippen LogP contribution in [0.5, 0.6) is 11.5 Å². The predicted octanol–water partition coefficient (Wildman–Crippen LogP) is 2.89. The number of ether oxygens (including phenoxy) is 2. The Hall–Kier alpha value is -2.82. The highest BCUT2D eigenvalue weighted by molar-refractivity contribution is 5.91. The molecule has 0 saturated heterocycles. The van der Waals surface area contributed by atoms with Crippen molar-refractivity contribution in [3.8, 4) is 11.5 Å². The van der Waals surface area contributed by atoms with E-state index in [1.807, 2.05) is 12.1 Å². The molecule has 0 saturated carbocycles. The second-order valence-electron chi connectivity index (χ2n) is 5.40. The van der Waals surface area contributed by atoms with E-state index in [9.17, 15) is 9.59 Å². The maximum atomic E-state index is 12.2. The van der Waals surface area contributed by atoms with Gasteiger partial charge in [-0.05, 0) is 41.8 Å². The topological polar surface area (TPSA) is 78.6 Å². The smallest absolute Gasteiger partial charge is 0.343 e. The minimum Gasteiger partial charge on any atom is -0.484 e. The molecule has 5 nitrogen and oxygen atoms in total. The van der Waals surface area contributed by atoms with Gasteiger partial charge in [-0.3, -0.25) is 4.79 Å². The summed E-state index contributed by atoms with van der Waals surface area (Å²) in [7, 11) is 0. The number of benzene rings is 2. The Kier molecular flexibility index (Phi) is 5.36. The molecule has 120 valence electrons. The summed E-state index contributed by atoms with van der Waals surface area (Å²) in [6.45, 7) is 3.95. The lowest BCUT2D eigenvalue weighted by molar-refractivity contribution is -0.119. The third-order valence-electron chi connectivity index (χ3n) is 3.21. The van der Waals surface area contributed by atoms with E-state index in [0.29, 0.717) is 23.0 Å². The molecular formula is C18H19NO4. The van der Waals surface area contributed by atoms with Crippen LogP contribution in [0, 0.1) is 0 Å². The molecule has 2 aromatic carbocycles. The summed E-state index contributed by atoms with van der Waals surface area (Å²) in [4.78, 5) is 22.9. The van der Waals surface area contributed by atoms with Gasteiger partial charge in [0.05, 0.1) is 5.56 Å². The third-order valence-corrected chi connectivity index (χ3v) is 3.21. The Bertz CT molecular complexity index is 692. The quantitative estimate of drug-likeness (QED) is 0.657. The van der Waals surface area contributed by atoms with Gasteiger partial charge in [-0.1, -0.05) is 32.0 Å². The zero-order valence-corrected chi connectivity index (χ0v) is 13.1. The highest BCUT2D eigenvalue weighted by atomic mass is 16.5. The van der Waals surface area contributed by atoms with Crippen molar-refractivity contribution in [3.63, 3.8) is 0 Å². The van der Waals surface area contributed by atoms with Crippen molar-refractivity contribution in [1.82, 2.24) is 0 Å². The fourth-order valence-electron chi connectivity index (χ4n) is 1.95. The van der Waals surface area contributed by atoms with E-state index >= 15 is 0 Å². The van der Waals surface area contributed by atoms with Crippen LogP contribution in [-0.4, -0.2) is 18.5 Å². The standard InChI is InChI=1S/C18H19NO4/c1-12(2)13-6-8-15(9-7-13)23-18(21)14-4-3-5-16(10-14)22-11-17(19)20/h3-10,12H,11H2,1-2H3,(H2,19,20). The van der Waals surface area contributed by atoms with E-state index in [2.05, 4.69) is 13.8 Å². The summed E-state index contributed by atoms with van der Waals surface area (Å²) >= 11 is 0. The maximum absolute atomic E-state index is 12.2. The van der Waals surface area contributed by atoms with Crippen LogP contribution in [0.25, 0.3) is 0 Å². The molecule has 0 aliphatic rings. The Balaban J connectivity index is 2.05. The van der Waals surface area contributed by atoms with Gasteiger partial charge in [-0.2, -0.15) is 0 Å². The SMILES string of the molecule is CC(C)c1ccc(OC(=O)c2cccc(OCC(N)=O)c2)cc1. The molecule has 2 N–H and O–H groups in total. The third kappa shape index (κ3) is 4.85.